The fraction of sp³-hybridized carbons (Fsp3) is 0.0833. The summed E-state index contributed by atoms with van der Waals surface area (Å²) in [5.41, 5.74) is 0.136. The van der Waals surface area contributed by atoms with Crippen molar-refractivity contribution < 1.29 is 18.3 Å². The van der Waals surface area contributed by atoms with Gasteiger partial charge in [-0.15, -0.1) is 0 Å². The Morgan fingerprint density at radius 2 is 2.31 bits per heavy atom. The predicted molar refractivity (Wildman–Crippen MR) is 55.1 cm³/mol. The molecule has 1 aromatic heterocycles. The summed E-state index contributed by atoms with van der Waals surface area (Å²) >= 11 is 0. The fourth-order valence-corrected chi connectivity index (χ4v) is 1.25. The summed E-state index contributed by atoms with van der Waals surface area (Å²) in [6.07, 6.45) is 0. The minimum Gasteiger partial charge on any atom is -0.459 e. The van der Waals surface area contributed by atoms with Crippen LogP contribution in [0.2, 0.25) is 0 Å². The summed E-state index contributed by atoms with van der Waals surface area (Å²) < 4.78 is 22.7. The molecule has 1 heterocycles. The largest absolute Gasteiger partial charge is 0.459 e. The second-order valence-corrected chi connectivity index (χ2v) is 3.01. The van der Waals surface area contributed by atoms with E-state index in [4.69, 9.17) is 4.42 Å². The highest BCUT2D eigenvalue weighted by atomic mass is 19.1. The van der Waals surface area contributed by atoms with Crippen LogP contribution in [0.3, 0.4) is 0 Å². The Hall–Kier alpha value is -2.28. The molecule has 0 aliphatic carbocycles. The van der Waals surface area contributed by atoms with Crippen molar-refractivity contribution in [3.8, 4) is 11.8 Å². The Labute approximate surface area is 90.8 Å². The van der Waals surface area contributed by atoms with E-state index < -0.39 is 11.8 Å². The Bertz CT molecular complexity index is 601. The lowest BCUT2D eigenvalue weighted by molar-refractivity contribution is -0.133. The van der Waals surface area contributed by atoms with Gasteiger partial charge in [0, 0.05) is 17.4 Å². The number of para-hydroxylation sites is 1. The Kier molecular flexibility index (Phi) is 2.61. The number of hydrogen-bond acceptors (Lipinski definition) is 3. The molecule has 0 unspecified atom stereocenters. The van der Waals surface area contributed by atoms with Crippen LogP contribution in [0.1, 0.15) is 5.76 Å². The standard InChI is InChI=1S/C12H7FO3/c1-15-11(14)6-5-9-7-8-3-2-4-10(13)12(8)16-9/h2-4,7H,1H3. The summed E-state index contributed by atoms with van der Waals surface area (Å²) in [5.74, 6) is 3.76. The number of furan rings is 1. The zero-order valence-electron chi connectivity index (χ0n) is 8.41. The molecule has 0 fully saturated rings. The highest BCUT2D eigenvalue weighted by molar-refractivity contribution is 5.89. The van der Waals surface area contributed by atoms with Gasteiger partial charge in [0.05, 0.1) is 7.11 Å². The molecule has 0 amide bonds. The molecule has 80 valence electrons. The highest BCUT2D eigenvalue weighted by Gasteiger charge is 2.06. The van der Waals surface area contributed by atoms with E-state index >= 15 is 0 Å². The van der Waals surface area contributed by atoms with Crippen LogP contribution in [0.15, 0.2) is 28.7 Å². The maximum absolute atomic E-state index is 13.2. The van der Waals surface area contributed by atoms with Crippen LogP contribution in [0.4, 0.5) is 4.39 Å². The maximum atomic E-state index is 13.2. The number of fused-ring (bicyclic) bond motifs is 1. The van der Waals surface area contributed by atoms with Crippen LogP contribution in [0.5, 0.6) is 0 Å². The van der Waals surface area contributed by atoms with Crippen molar-refractivity contribution in [2.75, 3.05) is 7.11 Å². The van der Waals surface area contributed by atoms with Gasteiger partial charge < -0.3 is 9.15 Å². The Balaban J connectivity index is 2.43. The van der Waals surface area contributed by atoms with Crippen LogP contribution >= 0.6 is 0 Å². The van der Waals surface area contributed by atoms with Crippen molar-refractivity contribution in [3.05, 3.63) is 35.8 Å². The predicted octanol–water partition coefficient (Wildman–Crippen LogP) is 2.10. The van der Waals surface area contributed by atoms with Gasteiger partial charge in [0.2, 0.25) is 0 Å². The van der Waals surface area contributed by atoms with Gasteiger partial charge in [0.25, 0.3) is 0 Å². The van der Waals surface area contributed by atoms with E-state index in [0.29, 0.717) is 5.39 Å². The smallest absolute Gasteiger partial charge is 0.384 e. The second kappa shape index (κ2) is 4.07. The average molecular weight is 218 g/mol. The van der Waals surface area contributed by atoms with Gasteiger partial charge in [-0.3, -0.25) is 0 Å². The number of rotatable bonds is 0. The topological polar surface area (TPSA) is 39.4 Å². The molecule has 0 aliphatic heterocycles. The molecule has 3 nitrogen and oxygen atoms in total. The quantitative estimate of drug-likeness (QED) is 0.502. The van der Waals surface area contributed by atoms with E-state index in [1.54, 1.807) is 18.2 Å². The highest BCUT2D eigenvalue weighted by Crippen LogP contribution is 2.21. The maximum Gasteiger partial charge on any atom is 0.384 e. The number of hydrogen-bond donors (Lipinski definition) is 0. The van der Waals surface area contributed by atoms with E-state index in [1.807, 2.05) is 0 Å². The molecule has 2 rings (SSSR count). The van der Waals surface area contributed by atoms with Crippen molar-refractivity contribution in [1.82, 2.24) is 0 Å². The molecule has 0 bridgehead atoms. The van der Waals surface area contributed by atoms with Gasteiger partial charge in [-0.25, -0.2) is 9.18 Å². The molecule has 1 aromatic carbocycles. The van der Waals surface area contributed by atoms with E-state index in [-0.39, 0.29) is 11.3 Å². The van der Waals surface area contributed by atoms with Crippen LogP contribution in [0, 0.1) is 17.7 Å². The summed E-state index contributed by atoms with van der Waals surface area (Å²) in [5, 5.41) is 0.606. The third kappa shape index (κ3) is 1.89. The zero-order valence-corrected chi connectivity index (χ0v) is 8.41. The molecule has 0 saturated heterocycles. The monoisotopic (exact) mass is 218 g/mol. The SMILES string of the molecule is COC(=O)C#Cc1cc2cccc(F)c2o1. The first-order valence-corrected chi connectivity index (χ1v) is 4.49. The van der Waals surface area contributed by atoms with E-state index in [9.17, 15) is 9.18 Å². The number of benzene rings is 1. The van der Waals surface area contributed by atoms with E-state index in [2.05, 4.69) is 16.6 Å². The first kappa shape index (κ1) is 10.2. The van der Waals surface area contributed by atoms with Gasteiger partial charge in [-0.2, -0.15) is 0 Å². The minimum absolute atomic E-state index is 0.136. The Morgan fingerprint density at radius 3 is 3.00 bits per heavy atom. The van der Waals surface area contributed by atoms with Crippen molar-refractivity contribution in [3.63, 3.8) is 0 Å². The van der Waals surface area contributed by atoms with Crippen LogP contribution in [0.25, 0.3) is 11.0 Å². The molecule has 0 N–H and O–H groups in total. The fourth-order valence-electron chi connectivity index (χ4n) is 1.25. The lowest BCUT2D eigenvalue weighted by Crippen LogP contribution is -1.94. The third-order valence-corrected chi connectivity index (χ3v) is 1.97. The normalized spacial score (nSPS) is 9.62. The van der Waals surface area contributed by atoms with Crippen LogP contribution < -0.4 is 0 Å². The molecule has 0 radical (unpaired) electrons. The number of carbonyl (C=O) groups excluding carboxylic acids is 1. The number of esters is 1. The van der Waals surface area contributed by atoms with Crippen LogP contribution in [-0.2, 0) is 9.53 Å². The number of halogens is 1. The molecule has 0 aliphatic rings. The van der Waals surface area contributed by atoms with Crippen molar-refractivity contribution >= 4 is 16.9 Å². The molecule has 0 atom stereocenters. The summed E-state index contributed by atoms with van der Waals surface area (Å²) in [7, 11) is 1.23. The molecule has 4 heteroatoms. The van der Waals surface area contributed by atoms with Crippen LogP contribution in [-0.4, -0.2) is 13.1 Å². The van der Waals surface area contributed by atoms with Gasteiger partial charge in [-0.1, -0.05) is 12.1 Å². The van der Waals surface area contributed by atoms with E-state index in [0.717, 1.165) is 0 Å². The number of ether oxygens (including phenoxy) is 1. The molecular weight excluding hydrogens is 211 g/mol. The van der Waals surface area contributed by atoms with E-state index in [1.165, 1.54) is 13.2 Å². The summed E-state index contributed by atoms with van der Waals surface area (Å²) in [6.45, 7) is 0. The lowest BCUT2D eigenvalue weighted by Gasteiger charge is -1.87. The number of methoxy groups -OCH3 is 1. The third-order valence-electron chi connectivity index (χ3n) is 1.97. The first-order chi connectivity index (χ1) is 7.70. The first-order valence-electron chi connectivity index (χ1n) is 4.49. The van der Waals surface area contributed by atoms with Gasteiger partial charge in [0.1, 0.15) is 0 Å². The minimum atomic E-state index is -0.666. The molecular formula is C12H7FO3. The van der Waals surface area contributed by atoms with Crippen molar-refractivity contribution in [1.29, 1.82) is 0 Å². The van der Waals surface area contributed by atoms with Gasteiger partial charge >= 0.3 is 5.97 Å². The Morgan fingerprint density at radius 1 is 1.50 bits per heavy atom. The number of carbonyl (C=O) groups is 1. The average Bonchev–Trinajstić information content (AvgIpc) is 2.70. The molecule has 16 heavy (non-hydrogen) atoms. The van der Waals surface area contributed by atoms with Crippen molar-refractivity contribution in [2.24, 2.45) is 0 Å². The summed E-state index contributed by atoms with van der Waals surface area (Å²) in [4.78, 5) is 10.8. The second-order valence-electron chi connectivity index (χ2n) is 3.01. The van der Waals surface area contributed by atoms with Gasteiger partial charge in [-0.05, 0) is 12.0 Å². The molecule has 0 spiro atoms. The summed E-state index contributed by atoms with van der Waals surface area (Å²) in [6, 6.07) is 6.13. The lowest BCUT2D eigenvalue weighted by atomic mass is 10.2. The molecule has 0 saturated carbocycles. The van der Waals surface area contributed by atoms with Gasteiger partial charge in [0.15, 0.2) is 17.2 Å². The zero-order chi connectivity index (χ0) is 11.5. The molecule has 2 aromatic rings. The van der Waals surface area contributed by atoms with Crippen molar-refractivity contribution in [2.45, 2.75) is 0 Å².